The fourth-order valence-electron chi connectivity index (χ4n) is 2.99. The first kappa shape index (κ1) is 19.4. The molecule has 0 saturated heterocycles. The molecule has 3 heteroatoms. The molecule has 3 nitrogen and oxygen atoms in total. The molecule has 0 bridgehead atoms. The molecule has 2 atom stereocenters. The van der Waals surface area contributed by atoms with Crippen LogP contribution >= 0.6 is 0 Å². The molecule has 1 aliphatic rings. The molecule has 0 saturated carbocycles. The Morgan fingerprint density at radius 2 is 1.73 bits per heavy atom. The lowest BCUT2D eigenvalue weighted by molar-refractivity contribution is 0.00732. The molecule has 0 aromatic carbocycles. The van der Waals surface area contributed by atoms with Crippen LogP contribution in [-0.4, -0.2) is 35.2 Å². The number of aliphatic hydroxyl groups is 1. The summed E-state index contributed by atoms with van der Waals surface area (Å²) in [4.78, 5) is 6.49. The van der Waals surface area contributed by atoms with E-state index in [-0.39, 0.29) is 12.4 Å². The van der Waals surface area contributed by atoms with Crippen LogP contribution < -0.4 is 0 Å². The lowest BCUT2D eigenvalue weighted by atomic mass is 10.1. The Labute approximate surface area is 137 Å². The van der Waals surface area contributed by atoms with E-state index in [1.54, 1.807) is 0 Å². The maximum Gasteiger partial charge on any atom is 0.106 e. The molecule has 0 spiro atoms. The number of aliphatic imine (C=N–C) groups is 1. The van der Waals surface area contributed by atoms with Crippen molar-refractivity contribution >= 4 is 6.21 Å². The van der Waals surface area contributed by atoms with Crippen LogP contribution in [0, 0.1) is 0 Å². The highest BCUT2D eigenvalue weighted by molar-refractivity contribution is 5.62. The summed E-state index contributed by atoms with van der Waals surface area (Å²) < 4.78 is 0. The van der Waals surface area contributed by atoms with Crippen molar-refractivity contribution in [1.29, 1.82) is 0 Å². The number of unbranched alkanes of at least 4 members (excludes halogenated alkanes) is 8. The van der Waals surface area contributed by atoms with Gasteiger partial charge in [0, 0.05) is 12.8 Å². The molecule has 0 radical (unpaired) electrons. The standard InChI is InChI=1S/C19H36N2O/c1-3-4-5-6-7-8-9-10-11-12-13-14-15-19-20-16-17-21(19)18(2)22/h11-12,16,18-19,22H,3-10,13-15,17H2,1-2H3/b12-11+. The van der Waals surface area contributed by atoms with Gasteiger partial charge in [0.05, 0.1) is 0 Å². The molecule has 22 heavy (non-hydrogen) atoms. The Bertz CT molecular complexity index is 313. The summed E-state index contributed by atoms with van der Waals surface area (Å²) in [6.45, 7) is 4.88. The fraction of sp³-hybridized carbons (Fsp3) is 0.842. The first-order valence-electron chi connectivity index (χ1n) is 9.36. The first-order valence-corrected chi connectivity index (χ1v) is 9.36. The van der Waals surface area contributed by atoms with E-state index in [1.807, 2.05) is 18.0 Å². The Hall–Kier alpha value is -0.670. The van der Waals surface area contributed by atoms with Gasteiger partial charge in [-0.15, -0.1) is 0 Å². The van der Waals surface area contributed by atoms with Crippen molar-refractivity contribution in [3.05, 3.63) is 12.2 Å². The Morgan fingerprint density at radius 1 is 1.09 bits per heavy atom. The average Bonchev–Trinajstić information content (AvgIpc) is 2.97. The highest BCUT2D eigenvalue weighted by Crippen LogP contribution is 2.16. The van der Waals surface area contributed by atoms with Crippen molar-refractivity contribution in [2.24, 2.45) is 4.99 Å². The molecule has 1 N–H and O–H groups in total. The van der Waals surface area contributed by atoms with Gasteiger partial charge in [-0.1, -0.05) is 57.6 Å². The lowest BCUT2D eigenvalue weighted by Gasteiger charge is -2.25. The molecule has 0 aromatic heterocycles. The van der Waals surface area contributed by atoms with Crippen LogP contribution in [0.1, 0.15) is 84.5 Å². The van der Waals surface area contributed by atoms with Gasteiger partial charge in [0.15, 0.2) is 0 Å². The van der Waals surface area contributed by atoms with Crippen molar-refractivity contribution in [3.8, 4) is 0 Å². The van der Waals surface area contributed by atoms with E-state index in [1.165, 1.54) is 51.4 Å². The highest BCUT2D eigenvalue weighted by atomic mass is 16.3. The Kier molecular flexibility index (Phi) is 11.3. The monoisotopic (exact) mass is 308 g/mol. The van der Waals surface area contributed by atoms with Gasteiger partial charge in [-0.3, -0.25) is 9.89 Å². The maximum atomic E-state index is 9.65. The average molecular weight is 309 g/mol. The molecule has 0 fully saturated rings. The number of nitrogens with zero attached hydrogens (tertiary/aromatic N) is 2. The SMILES string of the molecule is CCCCCCCCC/C=C/CCCC1N=CCN1C(C)O. The molecule has 1 heterocycles. The summed E-state index contributed by atoms with van der Waals surface area (Å²) in [5, 5.41) is 9.65. The molecule has 128 valence electrons. The first-order chi connectivity index (χ1) is 10.8. The second kappa shape index (κ2) is 12.8. The van der Waals surface area contributed by atoms with Crippen LogP contribution in [0.15, 0.2) is 17.1 Å². The van der Waals surface area contributed by atoms with Gasteiger partial charge in [-0.05, 0) is 39.0 Å². The summed E-state index contributed by atoms with van der Waals surface area (Å²) in [5.74, 6) is 0. The molecule has 0 aromatic rings. The highest BCUT2D eigenvalue weighted by Gasteiger charge is 2.23. The van der Waals surface area contributed by atoms with Crippen molar-refractivity contribution in [2.75, 3.05) is 6.54 Å². The lowest BCUT2D eigenvalue weighted by Crippen LogP contribution is -2.37. The summed E-state index contributed by atoms with van der Waals surface area (Å²) in [5.41, 5.74) is 0. The summed E-state index contributed by atoms with van der Waals surface area (Å²) in [6.07, 6.45) is 20.7. The molecule has 0 aliphatic carbocycles. The van der Waals surface area contributed by atoms with Crippen LogP contribution in [0.25, 0.3) is 0 Å². The smallest absolute Gasteiger partial charge is 0.106 e. The third-order valence-corrected chi connectivity index (χ3v) is 4.41. The van der Waals surface area contributed by atoms with E-state index >= 15 is 0 Å². The fourth-order valence-corrected chi connectivity index (χ4v) is 2.99. The van der Waals surface area contributed by atoms with Gasteiger partial charge in [0.25, 0.3) is 0 Å². The van der Waals surface area contributed by atoms with Crippen LogP contribution in [0.4, 0.5) is 0 Å². The second-order valence-corrected chi connectivity index (χ2v) is 6.45. The Morgan fingerprint density at radius 3 is 2.41 bits per heavy atom. The summed E-state index contributed by atoms with van der Waals surface area (Å²) >= 11 is 0. The number of rotatable bonds is 13. The second-order valence-electron chi connectivity index (χ2n) is 6.45. The van der Waals surface area contributed by atoms with E-state index in [4.69, 9.17) is 0 Å². The van der Waals surface area contributed by atoms with Crippen LogP contribution in [0.3, 0.4) is 0 Å². The number of hydrogen-bond acceptors (Lipinski definition) is 3. The molecule has 0 amide bonds. The van der Waals surface area contributed by atoms with Gasteiger partial charge >= 0.3 is 0 Å². The molecular formula is C19H36N2O. The van der Waals surface area contributed by atoms with Gasteiger partial charge < -0.3 is 5.11 Å². The van der Waals surface area contributed by atoms with Gasteiger partial charge in [0.2, 0.25) is 0 Å². The number of allylic oxidation sites excluding steroid dienone is 2. The third-order valence-electron chi connectivity index (χ3n) is 4.41. The van der Waals surface area contributed by atoms with E-state index in [9.17, 15) is 5.11 Å². The third kappa shape index (κ3) is 8.70. The number of hydrogen-bond donors (Lipinski definition) is 1. The summed E-state index contributed by atoms with van der Waals surface area (Å²) in [6, 6.07) is 0. The van der Waals surface area contributed by atoms with Crippen molar-refractivity contribution < 1.29 is 5.11 Å². The Balaban J connectivity index is 1.91. The van der Waals surface area contributed by atoms with Gasteiger partial charge in [-0.25, -0.2) is 0 Å². The zero-order chi connectivity index (χ0) is 16.0. The van der Waals surface area contributed by atoms with Gasteiger partial charge in [0.1, 0.15) is 12.4 Å². The molecule has 1 aliphatic heterocycles. The topological polar surface area (TPSA) is 35.8 Å². The molecule has 2 unspecified atom stereocenters. The minimum absolute atomic E-state index is 0.191. The van der Waals surface area contributed by atoms with Crippen molar-refractivity contribution in [2.45, 2.75) is 96.9 Å². The van der Waals surface area contributed by atoms with Gasteiger partial charge in [-0.2, -0.15) is 0 Å². The molecular weight excluding hydrogens is 272 g/mol. The summed E-state index contributed by atoms with van der Waals surface area (Å²) in [7, 11) is 0. The zero-order valence-electron chi connectivity index (χ0n) is 14.7. The van der Waals surface area contributed by atoms with E-state index in [2.05, 4.69) is 24.1 Å². The largest absolute Gasteiger partial charge is 0.379 e. The number of aliphatic hydroxyl groups excluding tert-OH is 1. The minimum atomic E-state index is -0.389. The van der Waals surface area contributed by atoms with Crippen molar-refractivity contribution in [1.82, 2.24) is 4.90 Å². The van der Waals surface area contributed by atoms with E-state index in [0.29, 0.717) is 0 Å². The van der Waals surface area contributed by atoms with Crippen molar-refractivity contribution in [3.63, 3.8) is 0 Å². The quantitative estimate of drug-likeness (QED) is 0.388. The zero-order valence-corrected chi connectivity index (χ0v) is 14.7. The predicted octanol–water partition coefficient (Wildman–Crippen LogP) is 4.90. The maximum absolute atomic E-state index is 9.65. The normalized spacial score (nSPS) is 20.2. The van der Waals surface area contributed by atoms with Crippen LogP contribution in [-0.2, 0) is 0 Å². The van der Waals surface area contributed by atoms with Crippen LogP contribution in [0.5, 0.6) is 0 Å². The van der Waals surface area contributed by atoms with E-state index in [0.717, 1.165) is 25.8 Å². The minimum Gasteiger partial charge on any atom is -0.379 e. The predicted molar refractivity (Wildman–Crippen MR) is 96.3 cm³/mol. The van der Waals surface area contributed by atoms with Crippen LogP contribution in [0.2, 0.25) is 0 Å². The molecule has 1 rings (SSSR count). The van der Waals surface area contributed by atoms with E-state index < -0.39 is 0 Å².